The Morgan fingerprint density at radius 1 is 1.21 bits per heavy atom. The number of nitrogens with one attached hydrogen (secondary N) is 1. The summed E-state index contributed by atoms with van der Waals surface area (Å²) in [5.41, 5.74) is 5.03. The van der Waals surface area contributed by atoms with E-state index >= 15 is 0 Å². The molecule has 0 aliphatic rings. The maximum Gasteiger partial charge on any atom is 0.141 e. The van der Waals surface area contributed by atoms with E-state index in [1.165, 1.54) is 18.2 Å². The third kappa shape index (κ3) is 2.77. The van der Waals surface area contributed by atoms with Gasteiger partial charge in [0.25, 0.3) is 0 Å². The quantitative estimate of drug-likeness (QED) is 0.661. The van der Waals surface area contributed by atoms with Gasteiger partial charge in [-0.25, -0.2) is 14.2 Å². The first-order valence-corrected chi connectivity index (χ1v) is 5.87. The highest BCUT2D eigenvalue weighted by atomic mass is 19.1. The molecule has 1 aromatic carbocycles. The van der Waals surface area contributed by atoms with Gasteiger partial charge in [-0.3, -0.25) is 10.8 Å². The van der Waals surface area contributed by atoms with Crippen LogP contribution in [0.3, 0.4) is 0 Å². The molecule has 100 valence electrons. The molecule has 2 rings (SSSR count). The van der Waals surface area contributed by atoms with Crippen LogP contribution in [0.25, 0.3) is 0 Å². The molecule has 1 heterocycles. The maximum absolute atomic E-state index is 14.1. The van der Waals surface area contributed by atoms with Gasteiger partial charge in [-0.2, -0.15) is 0 Å². The van der Waals surface area contributed by atoms with Crippen molar-refractivity contribution in [2.24, 2.45) is 5.84 Å². The molecule has 0 bridgehead atoms. The number of hydrogen-bond acceptors (Lipinski definition) is 3. The Kier molecular flexibility index (Phi) is 3.87. The first-order chi connectivity index (χ1) is 9.02. The van der Waals surface area contributed by atoms with Gasteiger partial charge in [-0.05, 0) is 43.2 Å². The van der Waals surface area contributed by atoms with E-state index in [1.807, 2.05) is 13.0 Å². The van der Waals surface area contributed by atoms with E-state index in [1.54, 1.807) is 6.92 Å². The molecule has 2 aromatic rings. The van der Waals surface area contributed by atoms with Crippen molar-refractivity contribution in [1.29, 1.82) is 0 Å². The summed E-state index contributed by atoms with van der Waals surface area (Å²) in [7, 11) is 0. The van der Waals surface area contributed by atoms with Gasteiger partial charge in [-0.1, -0.05) is 6.07 Å². The molecule has 1 unspecified atom stereocenters. The molecule has 0 spiro atoms. The molecule has 0 saturated carbocycles. The second kappa shape index (κ2) is 5.42. The van der Waals surface area contributed by atoms with Crippen molar-refractivity contribution in [3.8, 4) is 0 Å². The number of aromatic nitrogens is 1. The van der Waals surface area contributed by atoms with Crippen molar-refractivity contribution >= 4 is 0 Å². The first kappa shape index (κ1) is 13.6. The average molecular weight is 263 g/mol. The Hall–Kier alpha value is -1.85. The summed E-state index contributed by atoms with van der Waals surface area (Å²) in [5, 5.41) is 0. The van der Waals surface area contributed by atoms with E-state index in [2.05, 4.69) is 10.4 Å². The van der Waals surface area contributed by atoms with Crippen molar-refractivity contribution in [2.75, 3.05) is 0 Å². The number of aryl methyl sites for hydroxylation is 2. The highest BCUT2D eigenvalue weighted by Crippen LogP contribution is 2.26. The number of benzene rings is 1. The van der Waals surface area contributed by atoms with Crippen molar-refractivity contribution in [1.82, 2.24) is 10.4 Å². The number of hydrazine groups is 1. The first-order valence-electron chi connectivity index (χ1n) is 5.87. The molecule has 5 heteroatoms. The number of halogens is 2. The normalized spacial score (nSPS) is 12.5. The average Bonchev–Trinajstić information content (AvgIpc) is 2.35. The standard InChI is InChI=1S/C14H15F2N3/c1-8-5-9(2)13(11(16)6-8)14(19-17)12-4-3-10(15)7-18-12/h3-7,14,19H,17H2,1-2H3. The van der Waals surface area contributed by atoms with E-state index in [-0.39, 0.29) is 5.82 Å². The Balaban J connectivity index is 2.51. The summed E-state index contributed by atoms with van der Waals surface area (Å²) in [5.74, 6) is 4.70. The van der Waals surface area contributed by atoms with Crippen LogP contribution in [0.2, 0.25) is 0 Å². The molecule has 0 fully saturated rings. The van der Waals surface area contributed by atoms with Gasteiger partial charge in [0.15, 0.2) is 0 Å². The van der Waals surface area contributed by atoms with Crippen LogP contribution in [0.1, 0.15) is 28.4 Å². The summed E-state index contributed by atoms with van der Waals surface area (Å²) >= 11 is 0. The fraction of sp³-hybridized carbons (Fsp3) is 0.214. The van der Waals surface area contributed by atoms with Gasteiger partial charge < -0.3 is 0 Å². The van der Waals surface area contributed by atoms with Crippen LogP contribution < -0.4 is 11.3 Å². The Labute approximate surface area is 110 Å². The lowest BCUT2D eigenvalue weighted by Gasteiger charge is -2.19. The third-order valence-electron chi connectivity index (χ3n) is 2.98. The molecule has 1 aromatic heterocycles. The molecule has 0 saturated heterocycles. The highest BCUT2D eigenvalue weighted by molar-refractivity contribution is 5.38. The van der Waals surface area contributed by atoms with Crippen molar-refractivity contribution < 1.29 is 8.78 Å². The van der Waals surface area contributed by atoms with Gasteiger partial charge in [0, 0.05) is 5.56 Å². The van der Waals surface area contributed by atoms with Crippen LogP contribution in [-0.4, -0.2) is 4.98 Å². The van der Waals surface area contributed by atoms with Crippen LogP contribution in [0.5, 0.6) is 0 Å². The largest absolute Gasteiger partial charge is 0.271 e. The lowest BCUT2D eigenvalue weighted by molar-refractivity contribution is 0.546. The number of pyridine rings is 1. The van der Waals surface area contributed by atoms with Crippen LogP contribution in [0.4, 0.5) is 8.78 Å². The highest BCUT2D eigenvalue weighted by Gasteiger charge is 2.20. The van der Waals surface area contributed by atoms with Gasteiger partial charge in [0.1, 0.15) is 11.6 Å². The summed E-state index contributed by atoms with van der Waals surface area (Å²) < 4.78 is 27.0. The molecule has 3 N–H and O–H groups in total. The smallest absolute Gasteiger partial charge is 0.141 e. The second-order valence-electron chi connectivity index (χ2n) is 4.48. The van der Waals surface area contributed by atoms with Crippen LogP contribution in [0.15, 0.2) is 30.5 Å². The topological polar surface area (TPSA) is 50.9 Å². The molecule has 0 aliphatic carbocycles. The minimum Gasteiger partial charge on any atom is -0.271 e. The predicted molar refractivity (Wildman–Crippen MR) is 69.2 cm³/mol. The third-order valence-corrected chi connectivity index (χ3v) is 2.98. The number of rotatable bonds is 3. The SMILES string of the molecule is Cc1cc(C)c(C(NN)c2ccc(F)cn2)c(F)c1. The van der Waals surface area contributed by atoms with Crippen LogP contribution in [-0.2, 0) is 0 Å². The summed E-state index contributed by atoms with van der Waals surface area (Å²) in [6, 6.07) is 5.45. The zero-order valence-electron chi connectivity index (χ0n) is 10.7. The lowest BCUT2D eigenvalue weighted by atomic mass is 9.96. The molecule has 1 atom stereocenters. The molecular weight excluding hydrogens is 248 g/mol. The van der Waals surface area contributed by atoms with Gasteiger partial charge in [0.2, 0.25) is 0 Å². The fourth-order valence-electron chi connectivity index (χ4n) is 2.17. The molecule has 0 amide bonds. The van der Waals surface area contributed by atoms with E-state index < -0.39 is 11.9 Å². The minimum atomic E-state index is -0.610. The van der Waals surface area contributed by atoms with E-state index in [4.69, 9.17) is 5.84 Å². The van der Waals surface area contributed by atoms with Crippen molar-refractivity contribution in [2.45, 2.75) is 19.9 Å². The lowest BCUT2D eigenvalue weighted by Crippen LogP contribution is -2.30. The summed E-state index contributed by atoms with van der Waals surface area (Å²) in [6.45, 7) is 3.63. The van der Waals surface area contributed by atoms with Crippen molar-refractivity contribution in [3.63, 3.8) is 0 Å². The minimum absolute atomic E-state index is 0.355. The summed E-state index contributed by atoms with van der Waals surface area (Å²) in [6.07, 6.45) is 1.08. The zero-order chi connectivity index (χ0) is 14.0. The van der Waals surface area contributed by atoms with Crippen LogP contribution >= 0.6 is 0 Å². The number of nitrogens with two attached hydrogens (primary N) is 1. The number of nitrogens with zero attached hydrogens (tertiary/aromatic N) is 1. The van der Waals surface area contributed by atoms with E-state index in [0.717, 1.165) is 17.3 Å². The molecular formula is C14H15F2N3. The molecule has 0 radical (unpaired) electrons. The van der Waals surface area contributed by atoms with Gasteiger partial charge in [0.05, 0.1) is 17.9 Å². The zero-order valence-corrected chi connectivity index (χ0v) is 10.7. The molecule has 3 nitrogen and oxygen atoms in total. The Morgan fingerprint density at radius 2 is 1.95 bits per heavy atom. The Bertz CT molecular complexity index is 559. The maximum atomic E-state index is 14.1. The monoisotopic (exact) mass is 263 g/mol. The van der Waals surface area contributed by atoms with Gasteiger partial charge >= 0.3 is 0 Å². The molecule has 0 aliphatic heterocycles. The van der Waals surface area contributed by atoms with Gasteiger partial charge in [-0.15, -0.1) is 0 Å². The summed E-state index contributed by atoms with van der Waals surface area (Å²) in [4.78, 5) is 3.95. The van der Waals surface area contributed by atoms with E-state index in [0.29, 0.717) is 11.3 Å². The molecule has 19 heavy (non-hydrogen) atoms. The van der Waals surface area contributed by atoms with E-state index in [9.17, 15) is 8.78 Å². The Morgan fingerprint density at radius 3 is 2.47 bits per heavy atom. The predicted octanol–water partition coefficient (Wildman–Crippen LogP) is 2.53. The fourth-order valence-corrected chi connectivity index (χ4v) is 2.17. The number of hydrogen-bond donors (Lipinski definition) is 2. The van der Waals surface area contributed by atoms with Crippen LogP contribution in [0, 0.1) is 25.5 Å². The second-order valence-corrected chi connectivity index (χ2v) is 4.48. The van der Waals surface area contributed by atoms with Crippen molar-refractivity contribution in [3.05, 3.63) is 64.5 Å².